The summed E-state index contributed by atoms with van der Waals surface area (Å²) in [6.07, 6.45) is 2.59. The van der Waals surface area contributed by atoms with E-state index in [9.17, 15) is 25.1 Å². The fraction of sp³-hybridized carbons (Fsp3) is 0.133. The van der Waals surface area contributed by atoms with Gasteiger partial charge in [-0.05, 0) is 19.1 Å². The van der Waals surface area contributed by atoms with Gasteiger partial charge in [-0.15, -0.1) is 0 Å². The van der Waals surface area contributed by atoms with Crippen molar-refractivity contribution in [3.8, 4) is 5.75 Å². The Labute approximate surface area is 136 Å². The summed E-state index contributed by atoms with van der Waals surface area (Å²) in [6.45, 7) is 1.24. The summed E-state index contributed by atoms with van der Waals surface area (Å²) in [6, 6.07) is 5.02. The van der Waals surface area contributed by atoms with Crippen molar-refractivity contribution in [2.24, 2.45) is 5.10 Å². The van der Waals surface area contributed by atoms with Gasteiger partial charge in [0.1, 0.15) is 5.75 Å². The zero-order valence-corrected chi connectivity index (χ0v) is 12.6. The first kappa shape index (κ1) is 17.0. The van der Waals surface area contributed by atoms with Crippen LogP contribution in [-0.2, 0) is 6.61 Å². The van der Waals surface area contributed by atoms with Crippen molar-refractivity contribution in [2.45, 2.75) is 13.5 Å². The lowest BCUT2D eigenvalue weighted by Crippen LogP contribution is -2.17. The van der Waals surface area contributed by atoms with Gasteiger partial charge in [0, 0.05) is 35.0 Å². The number of aryl methyl sites for hydroxylation is 1. The van der Waals surface area contributed by atoms with E-state index < -0.39 is 10.8 Å². The third-order valence-electron chi connectivity index (χ3n) is 3.23. The quantitative estimate of drug-likeness (QED) is 0.428. The molecule has 1 amide bonds. The van der Waals surface area contributed by atoms with Gasteiger partial charge in [0.2, 0.25) is 0 Å². The molecule has 124 valence electrons. The highest BCUT2D eigenvalue weighted by Crippen LogP contribution is 2.21. The van der Waals surface area contributed by atoms with Gasteiger partial charge in [-0.3, -0.25) is 19.9 Å². The van der Waals surface area contributed by atoms with Gasteiger partial charge >= 0.3 is 0 Å². The van der Waals surface area contributed by atoms with Gasteiger partial charge in [-0.25, -0.2) is 5.43 Å². The Kier molecular flexibility index (Phi) is 5.17. The highest BCUT2D eigenvalue weighted by molar-refractivity contribution is 5.95. The fourth-order valence-electron chi connectivity index (χ4n) is 1.88. The largest absolute Gasteiger partial charge is 0.505 e. The van der Waals surface area contributed by atoms with Crippen molar-refractivity contribution in [3.63, 3.8) is 0 Å². The molecule has 0 bridgehead atoms. The number of carbonyl (C=O) groups is 1. The van der Waals surface area contributed by atoms with Gasteiger partial charge in [0.15, 0.2) is 0 Å². The Morgan fingerprint density at radius 3 is 2.67 bits per heavy atom. The molecule has 24 heavy (non-hydrogen) atoms. The van der Waals surface area contributed by atoms with Crippen LogP contribution in [0.25, 0.3) is 0 Å². The molecule has 3 N–H and O–H groups in total. The third kappa shape index (κ3) is 3.70. The lowest BCUT2D eigenvalue weighted by atomic mass is 10.1. The van der Waals surface area contributed by atoms with Crippen LogP contribution in [0.4, 0.5) is 5.69 Å². The van der Waals surface area contributed by atoms with Crippen molar-refractivity contribution in [3.05, 3.63) is 63.0 Å². The first-order valence-corrected chi connectivity index (χ1v) is 6.80. The highest BCUT2D eigenvalue weighted by atomic mass is 16.6. The molecule has 0 atom stereocenters. The summed E-state index contributed by atoms with van der Waals surface area (Å²) in [7, 11) is 0. The average molecular weight is 330 g/mol. The number of pyridine rings is 1. The smallest absolute Gasteiger partial charge is 0.271 e. The fourth-order valence-corrected chi connectivity index (χ4v) is 1.88. The van der Waals surface area contributed by atoms with E-state index in [4.69, 9.17) is 0 Å². The van der Waals surface area contributed by atoms with Gasteiger partial charge in [0.25, 0.3) is 11.6 Å². The number of nitrogens with one attached hydrogen (secondary N) is 1. The molecule has 1 heterocycles. The van der Waals surface area contributed by atoms with Crippen LogP contribution in [0.2, 0.25) is 0 Å². The molecule has 0 aliphatic carbocycles. The summed E-state index contributed by atoms with van der Waals surface area (Å²) >= 11 is 0. The van der Waals surface area contributed by atoms with Crippen LogP contribution in [0.15, 0.2) is 35.6 Å². The van der Waals surface area contributed by atoms with Crippen molar-refractivity contribution in [1.29, 1.82) is 0 Å². The lowest BCUT2D eigenvalue weighted by Gasteiger charge is -2.07. The Balaban J connectivity index is 2.13. The minimum atomic E-state index is -0.572. The molecule has 1 aromatic carbocycles. The van der Waals surface area contributed by atoms with Crippen LogP contribution in [0.5, 0.6) is 5.75 Å². The number of carbonyl (C=O) groups excluding carboxylic acids is 1. The van der Waals surface area contributed by atoms with Crippen LogP contribution < -0.4 is 5.43 Å². The first-order valence-electron chi connectivity index (χ1n) is 6.80. The maximum Gasteiger partial charge on any atom is 0.271 e. The first-order chi connectivity index (χ1) is 11.4. The molecule has 2 rings (SSSR count). The van der Waals surface area contributed by atoms with Crippen LogP contribution in [0.1, 0.15) is 27.2 Å². The molecule has 0 radical (unpaired) electrons. The van der Waals surface area contributed by atoms with Crippen molar-refractivity contribution in [1.82, 2.24) is 10.4 Å². The number of aromatic hydroxyl groups is 1. The molecule has 0 saturated heterocycles. The van der Waals surface area contributed by atoms with Gasteiger partial charge in [-0.1, -0.05) is 0 Å². The molecule has 1 aromatic heterocycles. The number of hydrazone groups is 1. The molecule has 0 aliphatic rings. The molecular weight excluding hydrogens is 316 g/mol. The molecule has 0 spiro atoms. The summed E-state index contributed by atoms with van der Waals surface area (Å²) in [5, 5.41) is 33.5. The standard InChI is InChI=1S/C15H14N4O5/c1-9-14(21)13(11(8-20)6-16-9)7-17-18-15(22)10-2-4-12(5-3-10)19(23)24/h2-7,20-21H,8H2,1H3,(H,18,22). The number of aliphatic hydroxyl groups excluding tert-OH is 1. The van der Waals surface area contributed by atoms with Crippen LogP contribution in [-0.4, -0.2) is 32.2 Å². The molecule has 2 aromatic rings. The number of aromatic nitrogens is 1. The third-order valence-corrected chi connectivity index (χ3v) is 3.23. The number of aliphatic hydroxyl groups is 1. The predicted octanol–water partition coefficient (Wildman–Crippen LogP) is 1.26. The zero-order chi connectivity index (χ0) is 17.7. The van der Waals surface area contributed by atoms with E-state index in [2.05, 4.69) is 15.5 Å². The number of rotatable bonds is 5. The second-order valence-electron chi connectivity index (χ2n) is 4.79. The van der Waals surface area contributed by atoms with Crippen LogP contribution in [0, 0.1) is 17.0 Å². The predicted molar refractivity (Wildman–Crippen MR) is 84.7 cm³/mol. The maximum atomic E-state index is 11.9. The minimum absolute atomic E-state index is 0.125. The number of nitro groups is 1. The van der Waals surface area contributed by atoms with Crippen LogP contribution >= 0.6 is 0 Å². The highest BCUT2D eigenvalue weighted by Gasteiger charge is 2.11. The van der Waals surface area contributed by atoms with E-state index in [1.54, 1.807) is 6.92 Å². The van der Waals surface area contributed by atoms with Gasteiger partial charge in [-0.2, -0.15) is 5.10 Å². The summed E-state index contributed by atoms with van der Waals surface area (Å²) in [5.74, 6) is -0.716. The van der Waals surface area contributed by atoms with E-state index >= 15 is 0 Å². The molecule has 0 aliphatic heterocycles. The maximum absolute atomic E-state index is 11.9. The van der Waals surface area contributed by atoms with E-state index in [1.165, 1.54) is 36.7 Å². The molecule has 9 nitrogen and oxygen atoms in total. The molecular formula is C15H14N4O5. The Morgan fingerprint density at radius 1 is 1.42 bits per heavy atom. The number of nitro benzene ring substituents is 1. The van der Waals surface area contributed by atoms with Crippen molar-refractivity contribution >= 4 is 17.8 Å². The van der Waals surface area contributed by atoms with E-state index in [0.717, 1.165) is 0 Å². The topological polar surface area (TPSA) is 138 Å². The normalized spacial score (nSPS) is 10.8. The van der Waals surface area contributed by atoms with E-state index in [1.807, 2.05) is 0 Å². The number of hydrogen-bond acceptors (Lipinski definition) is 7. The monoisotopic (exact) mass is 330 g/mol. The zero-order valence-electron chi connectivity index (χ0n) is 12.6. The van der Waals surface area contributed by atoms with Crippen molar-refractivity contribution in [2.75, 3.05) is 0 Å². The molecule has 0 saturated carbocycles. The second kappa shape index (κ2) is 7.29. The second-order valence-corrected chi connectivity index (χ2v) is 4.79. The Morgan fingerprint density at radius 2 is 2.08 bits per heavy atom. The van der Waals surface area contributed by atoms with Gasteiger partial charge < -0.3 is 10.2 Å². The summed E-state index contributed by atoms with van der Waals surface area (Å²) in [4.78, 5) is 25.8. The van der Waals surface area contributed by atoms with E-state index in [0.29, 0.717) is 11.3 Å². The summed E-state index contributed by atoms with van der Waals surface area (Å²) in [5.41, 5.74) is 3.26. The van der Waals surface area contributed by atoms with Crippen molar-refractivity contribution < 1.29 is 19.9 Å². The Hall–Kier alpha value is -3.33. The minimum Gasteiger partial charge on any atom is -0.505 e. The number of hydrogen-bond donors (Lipinski definition) is 3. The SMILES string of the molecule is Cc1ncc(CO)c(C=NNC(=O)c2ccc([N+](=O)[O-])cc2)c1O. The Bertz CT molecular complexity index is 802. The molecule has 9 heteroatoms. The van der Waals surface area contributed by atoms with E-state index in [-0.39, 0.29) is 29.2 Å². The number of non-ortho nitro benzene ring substituents is 1. The van der Waals surface area contributed by atoms with Gasteiger partial charge in [0.05, 0.1) is 23.4 Å². The number of nitrogens with zero attached hydrogens (tertiary/aromatic N) is 3. The summed E-state index contributed by atoms with van der Waals surface area (Å²) < 4.78 is 0. The number of amides is 1. The molecule has 0 unspecified atom stereocenters. The molecule has 0 fully saturated rings. The average Bonchev–Trinajstić information content (AvgIpc) is 2.58. The lowest BCUT2D eigenvalue weighted by molar-refractivity contribution is -0.384. The van der Waals surface area contributed by atoms with Crippen LogP contribution in [0.3, 0.4) is 0 Å². The number of benzene rings is 1.